The molecule has 0 amide bonds. The summed E-state index contributed by atoms with van der Waals surface area (Å²) in [5.41, 5.74) is 0.594. The summed E-state index contributed by atoms with van der Waals surface area (Å²) in [6.07, 6.45) is 7.49. The van der Waals surface area contributed by atoms with Crippen molar-refractivity contribution in [2.75, 3.05) is 6.61 Å². The summed E-state index contributed by atoms with van der Waals surface area (Å²) in [7, 11) is -4.21. The van der Waals surface area contributed by atoms with Gasteiger partial charge in [0.2, 0.25) is 0 Å². The third-order valence-electron chi connectivity index (χ3n) is 7.16. The molecule has 41 heavy (non-hydrogen) atoms. The minimum atomic E-state index is -4.21. The normalized spacial score (nSPS) is 14.7. The van der Waals surface area contributed by atoms with Crippen LogP contribution < -0.4 is 0 Å². The Kier molecular flexibility index (Phi) is 6.75. The van der Waals surface area contributed by atoms with Crippen LogP contribution in [0, 0.1) is 12.7 Å². The van der Waals surface area contributed by atoms with E-state index in [1.54, 1.807) is 25.1 Å². The molecule has 1 aromatic carbocycles. The van der Waals surface area contributed by atoms with Gasteiger partial charge >= 0.3 is 5.97 Å². The highest BCUT2D eigenvalue weighted by Gasteiger charge is 2.39. The van der Waals surface area contributed by atoms with Crippen molar-refractivity contribution in [3.8, 4) is 21.7 Å². The number of nitrogens with zero attached hydrogens (tertiary/aromatic N) is 5. The lowest BCUT2D eigenvalue weighted by molar-refractivity contribution is -0.144. The van der Waals surface area contributed by atoms with Crippen LogP contribution in [0.4, 0.5) is 4.39 Å². The highest BCUT2D eigenvalue weighted by atomic mass is 32.2. The number of halogens is 1. The number of ether oxygens (including phenoxy) is 1. The van der Waals surface area contributed by atoms with Crippen LogP contribution in [0.3, 0.4) is 0 Å². The van der Waals surface area contributed by atoms with Crippen molar-refractivity contribution in [3.63, 3.8) is 0 Å². The van der Waals surface area contributed by atoms with Gasteiger partial charge in [0.1, 0.15) is 17.2 Å². The molecule has 0 bridgehead atoms. The van der Waals surface area contributed by atoms with Gasteiger partial charge in [0.15, 0.2) is 11.5 Å². The average molecular weight is 596 g/mol. The molecular formula is C28H26FN5O5S2. The summed E-state index contributed by atoms with van der Waals surface area (Å²) in [5.74, 6) is -1.14. The highest BCUT2D eigenvalue weighted by Crippen LogP contribution is 2.46. The van der Waals surface area contributed by atoms with Gasteiger partial charge in [-0.2, -0.15) is 5.10 Å². The number of carbonyl (C=O) groups is 1. The second kappa shape index (κ2) is 10.2. The number of hydrogen-bond donors (Lipinski definition) is 1. The second-order valence-electron chi connectivity index (χ2n) is 9.98. The Labute approximate surface area is 239 Å². The molecule has 0 saturated heterocycles. The lowest BCUT2D eigenvalue weighted by Gasteiger charge is -2.34. The molecular weight excluding hydrogens is 569 g/mol. The van der Waals surface area contributed by atoms with Gasteiger partial charge in [0.25, 0.3) is 10.0 Å². The SMILES string of the molecule is CCOC(=O)Cn1cc(-c2cc3c(-c4cnc(C5(O)CCC5)s4)c(F)cnc3n2S(=O)(=O)c2ccc(C)cc2)cn1. The number of hydrogen-bond acceptors (Lipinski definition) is 9. The third kappa shape index (κ3) is 4.73. The standard InChI is InChI=1S/C28H26FN5O5S2/c1-3-39-24(35)16-33-15-18(12-32-33)22-11-20-25(23-14-31-27(40-23)28(36)9-4-10-28)21(29)13-30-26(20)34(22)41(37,38)19-7-5-17(2)6-8-19/h5-8,11-15,36H,3-4,9-10,16H2,1-2H3. The lowest BCUT2D eigenvalue weighted by atomic mass is 9.81. The zero-order valence-electron chi connectivity index (χ0n) is 22.2. The maximum atomic E-state index is 15.5. The molecule has 4 heterocycles. The van der Waals surface area contributed by atoms with Gasteiger partial charge in [-0.05, 0) is 51.3 Å². The number of carbonyl (C=O) groups excluding carboxylic acids is 1. The van der Waals surface area contributed by atoms with Crippen LogP contribution in [-0.2, 0) is 31.7 Å². The molecule has 1 N–H and O–H groups in total. The van der Waals surface area contributed by atoms with E-state index in [4.69, 9.17) is 4.74 Å². The number of aryl methyl sites for hydroxylation is 1. The number of thiazole rings is 1. The maximum Gasteiger partial charge on any atom is 0.327 e. The fraction of sp³-hybridized carbons (Fsp3) is 0.286. The first kappa shape index (κ1) is 27.2. The van der Waals surface area contributed by atoms with Gasteiger partial charge < -0.3 is 9.84 Å². The number of benzene rings is 1. The van der Waals surface area contributed by atoms with Gasteiger partial charge in [-0.3, -0.25) is 9.48 Å². The molecule has 1 aliphatic rings. The molecule has 1 aliphatic carbocycles. The fourth-order valence-electron chi connectivity index (χ4n) is 4.86. The van der Waals surface area contributed by atoms with E-state index in [1.165, 1.54) is 46.7 Å². The van der Waals surface area contributed by atoms with Crippen LogP contribution in [0.15, 0.2) is 60.0 Å². The Morgan fingerprint density at radius 2 is 1.93 bits per heavy atom. The first-order valence-electron chi connectivity index (χ1n) is 13.0. The van der Waals surface area contributed by atoms with E-state index in [0.717, 1.165) is 22.2 Å². The van der Waals surface area contributed by atoms with Gasteiger partial charge in [-0.1, -0.05) is 17.7 Å². The summed E-state index contributed by atoms with van der Waals surface area (Å²) in [5, 5.41) is 15.8. The predicted molar refractivity (Wildman–Crippen MR) is 150 cm³/mol. The Balaban J connectivity index is 1.56. The molecule has 0 spiro atoms. The van der Waals surface area contributed by atoms with E-state index in [-0.39, 0.29) is 40.3 Å². The minimum absolute atomic E-state index is 0.0208. The number of esters is 1. The first-order valence-corrected chi connectivity index (χ1v) is 15.3. The van der Waals surface area contributed by atoms with Gasteiger partial charge in [0.05, 0.1) is 34.5 Å². The van der Waals surface area contributed by atoms with Crippen LogP contribution >= 0.6 is 11.3 Å². The highest BCUT2D eigenvalue weighted by molar-refractivity contribution is 7.90. The molecule has 212 valence electrons. The van der Waals surface area contributed by atoms with Crippen LogP contribution in [-0.4, -0.2) is 49.8 Å². The van der Waals surface area contributed by atoms with Gasteiger partial charge in [0, 0.05) is 28.9 Å². The van der Waals surface area contributed by atoms with Crippen molar-refractivity contribution in [1.82, 2.24) is 23.7 Å². The number of aliphatic hydroxyl groups is 1. The van der Waals surface area contributed by atoms with Gasteiger partial charge in [-0.15, -0.1) is 11.3 Å². The lowest BCUT2D eigenvalue weighted by Crippen LogP contribution is -2.33. The quantitative estimate of drug-likeness (QED) is 0.257. The molecule has 1 saturated carbocycles. The minimum Gasteiger partial charge on any atom is -0.465 e. The zero-order chi connectivity index (χ0) is 28.9. The smallest absolute Gasteiger partial charge is 0.327 e. The molecule has 4 aromatic heterocycles. The molecule has 10 nitrogen and oxygen atoms in total. The molecule has 0 aliphatic heterocycles. The van der Waals surface area contributed by atoms with Gasteiger partial charge in [-0.25, -0.2) is 26.7 Å². The largest absolute Gasteiger partial charge is 0.465 e. The van der Waals surface area contributed by atoms with E-state index in [0.29, 0.717) is 28.3 Å². The average Bonchev–Trinajstić information content (AvgIpc) is 3.66. The second-order valence-corrected chi connectivity index (χ2v) is 12.8. The van der Waals surface area contributed by atoms with E-state index in [9.17, 15) is 18.3 Å². The van der Waals surface area contributed by atoms with Crippen LogP contribution in [0.1, 0.15) is 36.8 Å². The summed E-state index contributed by atoms with van der Waals surface area (Å²) in [6, 6.07) is 7.94. The van der Waals surface area contributed by atoms with Crippen molar-refractivity contribution in [2.45, 2.75) is 50.2 Å². The fourth-order valence-corrected chi connectivity index (χ4v) is 7.47. The Hall–Kier alpha value is -3.94. The predicted octanol–water partition coefficient (Wildman–Crippen LogP) is 4.64. The van der Waals surface area contributed by atoms with Crippen molar-refractivity contribution >= 4 is 38.4 Å². The monoisotopic (exact) mass is 595 g/mol. The third-order valence-corrected chi connectivity index (χ3v) is 10.1. The molecule has 1 fully saturated rings. The van der Waals surface area contributed by atoms with Crippen LogP contribution in [0.25, 0.3) is 32.7 Å². The van der Waals surface area contributed by atoms with E-state index >= 15 is 4.39 Å². The maximum absolute atomic E-state index is 15.5. The van der Waals surface area contributed by atoms with Crippen molar-refractivity contribution in [1.29, 1.82) is 0 Å². The van der Waals surface area contributed by atoms with Crippen LogP contribution in [0.5, 0.6) is 0 Å². The summed E-state index contributed by atoms with van der Waals surface area (Å²) in [4.78, 5) is 21.1. The molecule has 6 rings (SSSR count). The number of aromatic nitrogens is 5. The Morgan fingerprint density at radius 1 is 1.17 bits per heavy atom. The Morgan fingerprint density at radius 3 is 2.61 bits per heavy atom. The number of rotatable bonds is 8. The molecule has 13 heteroatoms. The number of pyridine rings is 1. The summed E-state index contributed by atoms with van der Waals surface area (Å²) >= 11 is 1.17. The number of fused-ring (bicyclic) bond motifs is 1. The van der Waals surface area contributed by atoms with Crippen LogP contribution in [0.2, 0.25) is 0 Å². The van der Waals surface area contributed by atoms with Crippen molar-refractivity contribution in [2.24, 2.45) is 0 Å². The topological polar surface area (TPSA) is 129 Å². The van der Waals surface area contributed by atoms with E-state index in [1.807, 2.05) is 6.92 Å². The first-order chi connectivity index (χ1) is 19.6. The summed E-state index contributed by atoms with van der Waals surface area (Å²) < 4.78 is 51.0. The van der Waals surface area contributed by atoms with E-state index in [2.05, 4.69) is 15.1 Å². The van der Waals surface area contributed by atoms with Crippen molar-refractivity contribution < 1.29 is 27.4 Å². The molecule has 5 aromatic rings. The van der Waals surface area contributed by atoms with Crippen molar-refractivity contribution in [3.05, 3.63) is 71.5 Å². The molecule has 0 atom stereocenters. The molecule has 0 unspecified atom stereocenters. The van der Waals surface area contributed by atoms with E-state index < -0.39 is 27.4 Å². The Bertz CT molecular complexity index is 1890. The summed E-state index contributed by atoms with van der Waals surface area (Å²) in [6.45, 7) is 3.60. The zero-order valence-corrected chi connectivity index (χ0v) is 23.9. The molecule has 0 radical (unpaired) electrons.